The van der Waals surface area contributed by atoms with Crippen molar-refractivity contribution in [3.8, 4) is 22.3 Å². The molecule has 9 heteroatoms. The van der Waals surface area contributed by atoms with Crippen LogP contribution in [0.25, 0.3) is 22.3 Å². The van der Waals surface area contributed by atoms with Crippen LogP contribution in [0.1, 0.15) is 33.0 Å². The number of rotatable bonds is 8. The van der Waals surface area contributed by atoms with Crippen LogP contribution >= 0.6 is 23.4 Å². The summed E-state index contributed by atoms with van der Waals surface area (Å²) in [6.07, 6.45) is 3.11. The smallest absolute Gasteiger partial charge is 0.407 e. The third kappa shape index (κ3) is 5.64. The van der Waals surface area contributed by atoms with Crippen molar-refractivity contribution in [1.82, 2.24) is 15.3 Å². The zero-order valence-electron chi connectivity index (χ0n) is 22.1. The average molecular weight is 596 g/mol. The number of aromatic nitrogens is 2. The highest BCUT2D eigenvalue weighted by atomic mass is 35.5. The van der Waals surface area contributed by atoms with E-state index in [0.717, 1.165) is 28.5 Å². The third-order valence-corrected chi connectivity index (χ3v) is 8.70. The normalized spacial score (nSPS) is 12.0. The van der Waals surface area contributed by atoms with Crippen LogP contribution in [0.5, 0.6) is 0 Å². The SMILES string of the molecule is O=Cc1cccnc1Sc1c(Cl)cc(-c2ccnc(F)c2)cc1CNC(=O)OCC1c2ccccc2-c2ccccc21. The molecule has 6 rings (SSSR count). The number of benzene rings is 3. The lowest BCUT2D eigenvalue weighted by Gasteiger charge is -2.17. The van der Waals surface area contributed by atoms with Crippen molar-refractivity contribution in [3.05, 3.63) is 131 Å². The first-order chi connectivity index (χ1) is 20.5. The number of amides is 1. The fraction of sp³-hybridized carbons (Fsp3) is 0.0909. The summed E-state index contributed by atoms with van der Waals surface area (Å²) in [5.41, 5.74) is 6.82. The molecular formula is C33H23ClFN3O3S. The minimum atomic E-state index is -0.621. The average Bonchev–Trinajstić information content (AvgIpc) is 3.34. The Morgan fingerprint density at radius 3 is 2.38 bits per heavy atom. The number of fused-ring (bicyclic) bond motifs is 3. The van der Waals surface area contributed by atoms with E-state index in [4.69, 9.17) is 16.3 Å². The van der Waals surface area contributed by atoms with E-state index in [0.29, 0.717) is 37.2 Å². The molecule has 0 bridgehead atoms. The Bertz CT molecular complexity index is 1770. The molecule has 6 nitrogen and oxygen atoms in total. The predicted molar refractivity (Wildman–Crippen MR) is 160 cm³/mol. The maximum Gasteiger partial charge on any atom is 0.407 e. The summed E-state index contributed by atoms with van der Waals surface area (Å²) >= 11 is 7.95. The van der Waals surface area contributed by atoms with Gasteiger partial charge >= 0.3 is 6.09 Å². The minimum absolute atomic E-state index is 0.0699. The van der Waals surface area contributed by atoms with Gasteiger partial charge in [-0.15, -0.1) is 0 Å². The number of carbonyl (C=O) groups excluding carboxylic acids is 2. The fourth-order valence-electron chi connectivity index (χ4n) is 5.14. The van der Waals surface area contributed by atoms with E-state index < -0.39 is 12.0 Å². The first kappa shape index (κ1) is 27.6. The zero-order chi connectivity index (χ0) is 29.1. The first-order valence-corrected chi connectivity index (χ1v) is 14.3. The zero-order valence-corrected chi connectivity index (χ0v) is 23.7. The standard InChI is InChI=1S/C33H23ClFN3O3S/c34-29-15-22(20-11-13-36-30(35)16-20)14-23(31(29)42-32-21(18-39)6-5-12-37-32)17-38-33(40)41-19-28-26-9-3-1-7-24(26)25-8-2-4-10-27(25)28/h1-16,18,28H,17,19H2,(H,38,40). The lowest BCUT2D eigenvalue weighted by atomic mass is 9.98. The topological polar surface area (TPSA) is 81.2 Å². The van der Waals surface area contributed by atoms with Crippen LogP contribution in [-0.2, 0) is 11.3 Å². The number of pyridine rings is 2. The molecule has 1 N–H and O–H groups in total. The molecule has 0 saturated heterocycles. The van der Waals surface area contributed by atoms with Crippen molar-refractivity contribution in [3.63, 3.8) is 0 Å². The summed E-state index contributed by atoms with van der Waals surface area (Å²) in [5, 5.41) is 3.67. The van der Waals surface area contributed by atoms with Crippen molar-refractivity contribution >= 4 is 35.7 Å². The number of hydrogen-bond acceptors (Lipinski definition) is 6. The molecule has 5 aromatic rings. The summed E-state index contributed by atoms with van der Waals surface area (Å²) < 4.78 is 19.6. The number of halogens is 2. The molecule has 0 saturated carbocycles. The van der Waals surface area contributed by atoms with Crippen LogP contribution in [0, 0.1) is 5.95 Å². The lowest BCUT2D eigenvalue weighted by Crippen LogP contribution is -2.26. The molecule has 3 aromatic carbocycles. The molecule has 0 spiro atoms. The van der Waals surface area contributed by atoms with Crippen LogP contribution in [0.3, 0.4) is 0 Å². The molecule has 2 heterocycles. The van der Waals surface area contributed by atoms with Crippen LogP contribution < -0.4 is 5.32 Å². The van der Waals surface area contributed by atoms with Crippen molar-refractivity contribution in [2.45, 2.75) is 22.4 Å². The van der Waals surface area contributed by atoms with Gasteiger partial charge in [-0.2, -0.15) is 4.39 Å². The molecule has 0 fully saturated rings. The van der Waals surface area contributed by atoms with Gasteiger partial charge in [0.25, 0.3) is 0 Å². The second-order valence-corrected chi connectivity index (χ2v) is 11.0. The largest absolute Gasteiger partial charge is 0.449 e. The summed E-state index contributed by atoms with van der Waals surface area (Å²) in [6, 6.07) is 26.1. The number of alkyl carbamates (subject to hydrolysis) is 1. The number of hydrogen-bond donors (Lipinski definition) is 1. The molecule has 2 aromatic heterocycles. The molecule has 0 atom stereocenters. The van der Waals surface area contributed by atoms with Crippen molar-refractivity contribution in [2.75, 3.05) is 6.61 Å². The van der Waals surface area contributed by atoms with Crippen LogP contribution in [0.4, 0.5) is 9.18 Å². The van der Waals surface area contributed by atoms with Crippen molar-refractivity contribution in [2.24, 2.45) is 0 Å². The molecular weight excluding hydrogens is 573 g/mol. The van der Waals surface area contributed by atoms with E-state index >= 15 is 0 Å². The Kier molecular flexibility index (Phi) is 7.99. The van der Waals surface area contributed by atoms with Gasteiger partial charge in [0.2, 0.25) is 5.95 Å². The number of carbonyl (C=O) groups is 2. The molecule has 1 aliphatic carbocycles. The monoisotopic (exact) mass is 595 g/mol. The Hall–Kier alpha value is -4.53. The quantitative estimate of drug-likeness (QED) is 0.145. The highest BCUT2D eigenvalue weighted by Crippen LogP contribution is 2.44. The van der Waals surface area contributed by atoms with E-state index in [1.807, 2.05) is 30.3 Å². The van der Waals surface area contributed by atoms with Gasteiger partial charge in [-0.3, -0.25) is 4.79 Å². The predicted octanol–water partition coefficient (Wildman–Crippen LogP) is 7.94. The number of ether oxygens (including phenoxy) is 1. The molecule has 1 amide bonds. The van der Waals surface area contributed by atoms with Crippen LogP contribution in [0.2, 0.25) is 5.02 Å². The van der Waals surface area contributed by atoms with Gasteiger partial charge in [-0.1, -0.05) is 71.9 Å². The van der Waals surface area contributed by atoms with Crippen molar-refractivity contribution < 1.29 is 18.7 Å². The highest BCUT2D eigenvalue weighted by molar-refractivity contribution is 7.99. The maximum atomic E-state index is 13.9. The molecule has 0 aliphatic heterocycles. The number of nitrogens with one attached hydrogen (secondary N) is 1. The molecule has 0 radical (unpaired) electrons. The van der Waals surface area contributed by atoms with Crippen LogP contribution in [-0.4, -0.2) is 29.0 Å². The van der Waals surface area contributed by atoms with Gasteiger partial charge in [0.1, 0.15) is 11.6 Å². The van der Waals surface area contributed by atoms with E-state index in [-0.39, 0.29) is 19.1 Å². The second-order valence-electron chi connectivity index (χ2n) is 9.61. The minimum Gasteiger partial charge on any atom is -0.449 e. The molecule has 0 unspecified atom stereocenters. The van der Waals surface area contributed by atoms with Gasteiger partial charge < -0.3 is 10.1 Å². The Morgan fingerprint density at radius 1 is 0.929 bits per heavy atom. The van der Waals surface area contributed by atoms with Gasteiger partial charge in [-0.25, -0.2) is 14.8 Å². The van der Waals surface area contributed by atoms with E-state index in [9.17, 15) is 14.0 Å². The third-order valence-electron chi connectivity index (χ3n) is 7.07. The van der Waals surface area contributed by atoms with Gasteiger partial charge in [0.05, 0.1) is 5.02 Å². The summed E-state index contributed by atoms with van der Waals surface area (Å²) in [7, 11) is 0. The Labute approximate surface area is 250 Å². The number of nitrogens with zero attached hydrogens (tertiary/aromatic N) is 2. The van der Waals surface area contributed by atoms with E-state index in [1.165, 1.54) is 24.0 Å². The van der Waals surface area contributed by atoms with Crippen molar-refractivity contribution in [1.29, 1.82) is 0 Å². The highest BCUT2D eigenvalue weighted by Gasteiger charge is 2.29. The van der Waals surface area contributed by atoms with Gasteiger partial charge in [-0.05, 0) is 69.3 Å². The summed E-state index contributed by atoms with van der Waals surface area (Å²) in [4.78, 5) is 33.1. The fourth-order valence-corrected chi connectivity index (χ4v) is 6.45. The second kappa shape index (κ2) is 12.1. The molecule has 42 heavy (non-hydrogen) atoms. The summed E-state index contributed by atoms with van der Waals surface area (Å²) in [5.74, 6) is -0.691. The Morgan fingerprint density at radius 2 is 1.67 bits per heavy atom. The number of aldehydes is 1. The lowest BCUT2D eigenvalue weighted by molar-refractivity contribution is 0.112. The Balaban J connectivity index is 1.24. The van der Waals surface area contributed by atoms with Gasteiger partial charge in [0.15, 0.2) is 6.29 Å². The molecule has 1 aliphatic rings. The maximum absolute atomic E-state index is 13.9. The first-order valence-electron chi connectivity index (χ1n) is 13.1. The van der Waals surface area contributed by atoms with E-state index in [1.54, 1.807) is 30.5 Å². The van der Waals surface area contributed by atoms with E-state index in [2.05, 4.69) is 39.6 Å². The van der Waals surface area contributed by atoms with Gasteiger partial charge in [0, 0.05) is 41.4 Å². The molecule has 208 valence electrons. The summed E-state index contributed by atoms with van der Waals surface area (Å²) in [6.45, 7) is 0.249. The van der Waals surface area contributed by atoms with Crippen LogP contribution in [0.15, 0.2) is 107 Å².